The molecule has 0 saturated heterocycles. The van der Waals surface area contributed by atoms with Crippen molar-refractivity contribution in [2.45, 2.75) is 10.6 Å². The largest absolute Gasteiger partial charge is 0.322 e. The number of benzene rings is 3. The normalized spacial score (nSPS) is 11.1. The third-order valence-electron chi connectivity index (χ3n) is 4.03. The van der Waals surface area contributed by atoms with Crippen molar-refractivity contribution in [3.8, 4) is 0 Å². The summed E-state index contributed by atoms with van der Waals surface area (Å²) in [5.74, 6) is 0.0561. The molecule has 0 fully saturated rings. The Hall–Kier alpha value is -2.84. The molecule has 0 atom stereocenters. The molecule has 0 heterocycles. The molecule has 5 nitrogen and oxygen atoms in total. The van der Waals surface area contributed by atoms with Crippen LogP contribution in [0.4, 0.5) is 15.8 Å². The molecule has 0 unspecified atom stereocenters. The molecule has 0 radical (unpaired) electrons. The first-order valence-electron chi connectivity index (χ1n) is 8.65. The van der Waals surface area contributed by atoms with Crippen LogP contribution in [-0.2, 0) is 15.8 Å². The molecule has 8 heteroatoms. The lowest BCUT2D eigenvalue weighted by Gasteiger charge is -2.10. The lowest BCUT2D eigenvalue weighted by molar-refractivity contribution is 0.102. The highest BCUT2D eigenvalue weighted by molar-refractivity contribution is 7.97. The van der Waals surface area contributed by atoms with E-state index >= 15 is 0 Å². The maximum absolute atomic E-state index is 13.2. The van der Waals surface area contributed by atoms with Crippen LogP contribution in [0.15, 0.2) is 77.7 Å². The van der Waals surface area contributed by atoms with Gasteiger partial charge in [0.1, 0.15) is 5.82 Å². The zero-order chi connectivity index (χ0) is 20.9. The average molecular weight is 431 g/mol. The summed E-state index contributed by atoms with van der Waals surface area (Å²) in [6, 6.07) is 18.3. The summed E-state index contributed by atoms with van der Waals surface area (Å²) in [4.78, 5) is 12.4. The summed E-state index contributed by atoms with van der Waals surface area (Å²) in [5.41, 5.74) is 2.24. The summed E-state index contributed by atoms with van der Waals surface area (Å²) >= 11 is 1.70. The summed E-state index contributed by atoms with van der Waals surface area (Å²) in [6.07, 6.45) is 2.01. The average Bonchev–Trinajstić information content (AvgIpc) is 2.69. The molecule has 0 aromatic heterocycles. The molecule has 150 valence electrons. The Kier molecular flexibility index (Phi) is 6.56. The van der Waals surface area contributed by atoms with Gasteiger partial charge >= 0.3 is 0 Å². The first-order chi connectivity index (χ1) is 13.9. The third-order valence-corrected chi connectivity index (χ3v) is 6.05. The number of thioether (sulfide) groups is 1. The van der Waals surface area contributed by atoms with Crippen LogP contribution in [0.1, 0.15) is 15.9 Å². The molecule has 0 aliphatic rings. The van der Waals surface area contributed by atoms with Crippen LogP contribution < -0.4 is 10.0 Å². The first-order valence-corrected chi connectivity index (χ1v) is 11.5. The molecule has 29 heavy (non-hydrogen) atoms. The molecule has 3 aromatic carbocycles. The Balaban J connectivity index is 1.68. The Morgan fingerprint density at radius 1 is 0.966 bits per heavy atom. The molecule has 3 rings (SSSR count). The number of halogens is 1. The van der Waals surface area contributed by atoms with Gasteiger partial charge in [0, 0.05) is 17.0 Å². The molecule has 0 bridgehead atoms. The number of nitrogens with one attached hydrogen (secondary N) is 2. The van der Waals surface area contributed by atoms with E-state index in [1.807, 2.05) is 18.4 Å². The SMILES string of the molecule is CSCc1ccc(C(=O)Nc2ccc(S(=O)(=O)Nc3cccc(F)c3)cc2)cc1. The van der Waals surface area contributed by atoms with Gasteiger partial charge in [0.05, 0.1) is 10.6 Å². The van der Waals surface area contributed by atoms with Crippen molar-refractivity contribution in [1.29, 1.82) is 0 Å². The van der Waals surface area contributed by atoms with Crippen LogP contribution in [0.25, 0.3) is 0 Å². The number of anilines is 2. The number of amides is 1. The first kappa shape index (κ1) is 20.9. The van der Waals surface area contributed by atoms with Crippen molar-refractivity contribution in [3.05, 3.63) is 89.7 Å². The predicted molar refractivity (Wildman–Crippen MR) is 115 cm³/mol. The van der Waals surface area contributed by atoms with Gasteiger partial charge in [-0.1, -0.05) is 18.2 Å². The monoisotopic (exact) mass is 430 g/mol. The quantitative estimate of drug-likeness (QED) is 0.568. The maximum atomic E-state index is 13.2. The zero-order valence-corrected chi connectivity index (χ0v) is 17.2. The molecule has 0 saturated carbocycles. The minimum atomic E-state index is -3.87. The van der Waals surface area contributed by atoms with Gasteiger partial charge in [0.25, 0.3) is 15.9 Å². The Morgan fingerprint density at radius 2 is 1.66 bits per heavy atom. The summed E-state index contributed by atoms with van der Waals surface area (Å²) in [6.45, 7) is 0. The molecule has 0 aliphatic heterocycles. The number of carbonyl (C=O) groups is 1. The molecule has 0 spiro atoms. The van der Waals surface area contributed by atoms with Crippen LogP contribution in [0.2, 0.25) is 0 Å². The van der Waals surface area contributed by atoms with E-state index < -0.39 is 15.8 Å². The number of carbonyl (C=O) groups excluding carboxylic acids is 1. The van der Waals surface area contributed by atoms with Gasteiger partial charge in [-0.2, -0.15) is 11.8 Å². The smallest absolute Gasteiger partial charge is 0.261 e. The van der Waals surface area contributed by atoms with Crippen LogP contribution in [0.5, 0.6) is 0 Å². The van der Waals surface area contributed by atoms with E-state index in [1.165, 1.54) is 42.5 Å². The van der Waals surface area contributed by atoms with Crippen molar-refractivity contribution in [2.24, 2.45) is 0 Å². The number of hydrogen-bond donors (Lipinski definition) is 2. The lowest BCUT2D eigenvalue weighted by Crippen LogP contribution is -2.14. The van der Waals surface area contributed by atoms with Gasteiger partial charge in [-0.15, -0.1) is 0 Å². The molecular formula is C21H19FN2O3S2. The van der Waals surface area contributed by atoms with E-state index in [4.69, 9.17) is 0 Å². The molecular weight excluding hydrogens is 411 g/mol. The Bertz CT molecular complexity index is 1100. The van der Waals surface area contributed by atoms with Gasteiger partial charge in [-0.25, -0.2) is 12.8 Å². The second-order valence-corrected chi connectivity index (χ2v) is 8.77. The van der Waals surface area contributed by atoms with E-state index in [0.29, 0.717) is 11.3 Å². The Labute approximate surface area is 173 Å². The van der Waals surface area contributed by atoms with E-state index in [0.717, 1.165) is 17.4 Å². The summed E-state index contributed by atoms with van der Waals surface area (Å²) in [5, 5.41) is 2.74. The second kappa shape index (κ2) is 9.11. The molecule has 1 amide bonds. The van der Waals surface area contributed by atoms with E-state index in [-0.39, 0.29) is 16.5 Å². The van der Waals surface area contributed by atoms with Gasteiger partial charge in [0.2, 0.25) is 0 Å². The summed E-state index contributed by atoms with van der Waals surface area (Å²) in [7, 11) is -3.87. The zero-order valence-electron chi connectivity index (χ0n) is 15.6. The fourth-order valence-corrected chi connectivity index (χ4v) is 4.18. The van der Waals surface area contributed by atoms with Crippen molar-refractivity contribution >= 4 is 39.1 Å². The van der Waals surface area contributed by atoms with E-state index in [2.05, 4.69) is 10.0 Å². The topological polar surface area (TPSA) is 75.3 Å². The van der Waals surface area contributed by atoms with Gasteiger partial charge < -0.3 is 5.32 Å². The van der Waals surface area contributed by atoms with E-state index in [9.17, 15) is 17.6 Å². The van der Waals surface area contributed by atoms with Crippen molar-refractivity contribution < 1.29 is 17.6 Å². The second-order valence-electron chi connectivity index (χ2n) is 6.22. The highest BCUT2D eigenvalue weighted by Crippen LogP contribution is 2.19. The van der Waals surface area contributed by atoms with Gasteiger partial charge in [-0.3, -0.25) is 9.52 Å². The van der Waals surface area contributed by atoms with Crippen LogP contribution in [0, 0.1) is 5.82 Å². The molecule has 0 aliphatic carbocycles. The van der Waals surface area contributed by atoms with E-state index in [1.54, 1.807) is 23.9 Å². The molecule has 3 aromatic rings. The van der Waals surface area contributed by atoms with Gasteiger partial charge in [0.15, 0.2) is 0 Å². The third kappa shape index (κ3) is 5.58. The fraction of sp³-hybridized carbons (Fsp3) is 0.0952. The number of hydrogen-bond acceptors (Lipinski definition) is 4. The van der Waals surface area contributed by atoms with Crippen LogP contribution in [0.3, 0.4) is 0 Å². The molecule has 2 N–H and O–H groups in total. The standard InChI is InChI=1S/C21H19FN2O3S2/c1-28-14-15-5-7-16(8-6-15)21(25)23-18-9-11-20(12-10-18)29(26,27)24-19-4-2-3-17(22)13-19/h2-13,24H,14H2,1H3,(H,23,25). The summed E-state index contributed by atoms with van der Waals surface area (Å²) < 4.78 is 40.4. The lowest BCUT2D eigenvalue weighted by atomic mass is 10.1. The fourth-order valence-electron chi connectivity index (χ4n) is 2.61. The highest BCUT2D eigenvalue weighted by atomic mass is 32.2. The van der Waals surface area contributed by atoms with Crippen molar-refractivity contribution in [1.82, 2.24) is 0 Å². The van der Waals surface area contributed by atoms with Crippen LogP contribution in [-0.4, -0.2) is 20.6 Å². The minimum absolute atomic E-state index is 0.00109. The maximum Gasteiger partial charge on any atom is 0.261 e. The minimum Gasteiger partial charge on any atom is -0.322 e. The van der Waals surface area contributed by atoms with Gasteiger partial charge in [-0.05, 0) is 66.4 Å². The van der Waals surface area contributed by atoms with Crippen molar-refractivity contribution in [3.63, 3.8) is 0 Å². The highest BCUT2D eigenvalue weighted by Gasteiger charge is 2.15. The Morgan fingerprint density at radius 3 is 2.28 bits per heavy atom. The number of sulfonamides is 1. The van der Waals surface area contributed by atoms with Crippen molar-refractivity contribution in [2.75, 3.05) is 16.3 Å². The predicted octanol–water partition coefficient (Wildman–Crippen LogP) is 4.74. The number of rotatable bonds is 7. The van der Waals surface area contributed by atoms with Crippen LogP contribution >= 0.6 is 11.8 Å².